The molecule has 1 rings (SSSR count). The molecular weight excluding hydrogens is 178 g/mol. The van der Waals surface area contributed by atoms with Gasteiger partial charge in [-0.3, -0.25) is 4.79 Å². The molecule has 0 N–H and O–H groups in total. The van der Waals surface area contributed by atoms with Crippen LogP contribution in [-0.4, -0.2) is 36.6 Å². The smallest absolute Gasteiger partial charge is 0.251 e. The maximum absolute atomic E-state index is 11.7. The Morgan fingerprint density at radius 2 is 2.14 bits per heavy atom. The van der Waals surface area contributed by atoms with Crippen molar-refractivity contribution in [3.8, 4) is 0 Å². The molecule has 1 fully saturated rings. The van der Waals surface area contributed by atoms with Crippen molar-refractivity contribution in [2.45, 2.75) is 45.8 Å². The Morgan fingerprint density at radius 3 is 2.57 bits per heavy atom. The summed E-state index contributed by atoms with van der Waals surface area (Å²) >= 11 is 0. The molecule has 0 saturated carbocycles. The van der Waals surface area contributed by atoms with Crippen LogP contribution in [0.25, 0.3) is 0 Å². The van der Waals surface area contributed by atoms with E-state index in [4.69, 9.17) is 4.74 Å². The highest BCUT2D eigenvalue weighted by Gasteiger charge is 2.33. The quantitative estimate of drug-likeness (QED) is 0.692. The van der Waals surface area contributed by atoms with Gasteiger partial charge in [-0.05, 0) is 25.7 Å². The van der Waals surface area contributed by atoms with Crippen molar-refractivity contribution in [3.63, 3.8) is 0 Å². The van der Waals surface area contributed by atoms with E-state index in [0.29, 0.717) is 5.92 Å². The van der Waals surface area contributed by atoms with E-state index in [9.17, 15) is 4.79 Å². The average molecular weight is 199 g/mol. The van der Waals surface area contributed by atoms with Gasteiger partial charge in [-0.25, -0.2) is 0 Å². The zero-order chi connectivity index (χ0) is 10.7. The summed E-state index contributed by atoms with van der Waals surface area (Å²) in [6.07, 6.45) is 1.99. The molecule has 0 radical (unpaired) electrons. The summed E-state index contributed by atoms with van der Waals surface area (Å²) in [5, 5.41) is 0. The van der Waals surface area contributed by atoms with E-state index < -0.39 is 0 Å². The summed E-state index contributed by atoms with van der Waals surface area (Å²) in [4.78, 5) is 13.5. The Kier molecular flexibility index (Phi) is 3.93. The van der Waals surface area contributed by atoms with Crippen LogP contribution in [0.2, 0.25) is 0 Å². The maximum Gasteiger partial charge on any atom is 0.251 e. The third-order valence-corrected chi connectivity index (χ3v) is 2.92. The SMILES string of the molecule is CCN(C)C(=O)C1CCC(C(C)C)O1. The molecule has 1 aliphatic heterocycles. The number of carbonyl (C=O) groups excluding carboxylic acids is 1. The molecule has 0 spiro atoms. The molecule has 82 valence electrons. The van der Waals surface area contributed by atoms with Crippen LogP contribution >= 0.6 is 0 Å². The van der Waals surface area contributed by atoms with E-state index >= 15 is 0 Å². The van der Waals surface area contributed by atoms with Crippen LogP contribution in [0.15, 0.2) is 0 Å². The van der Waals surface area contributed by atoms with Gasteiger partial charge in [0.15, 0.2) is 0 Å². The Hall–Kier alpha value is -0.570. The largest absolute Gasteiger partial charge is 0.365 e. The van der Waals surface area contributed by atoms with Crippen LogP contribution in [-0.2, 0) is 9.53 Å². The highest BCUT2D eigenvalue weighted by atomic mass is 16.5. The number of carbonyl (C=O) groups is 1. The molecule has 0 bridgehead atoms. The van der Waals surface area contributed by atoms with E-state index in [0.717, 1.165) is 19.4 Å². The Bertz CT molecular complexity index is 203. The summed E-state index contributed by atoms with van der Waals surface area (Å²) in [7, 11) is 1.83. The van der Waals surface area contributed by atoms with Crippen LogP contribution in [0.5, 0.6) is 0 Å². The molecule has 2 atom stereocenters. The first kappa shape index (κ1) is 11.5. The van der Waals surface area contributed by atoms with Crippen molar-refractivity contribution in [1.29, 1.82) is 0 Å². The fraction of sp³-hybridized carbons (Fsp3) is 0.909. The Morgan fingerprint density at radius 1 is 1.50 bits per heavy atom. The molecule has 1 heterocycles. The van der Waals surface area contributed by atoms with Gasteiger partial charge in [0.05, 0.1) is 6.10 Å². The minimum atomic E-state index is -0.188. The van der Waals surface area contributed by atoms with E-state index in [1.165, 1.54) is 0 Å². The fourth-order valence-electron chi connectivity index (χ4n) is 1.74. The zero-order valence-electron chi connectivity index (χ0n) is 9.62. The molecule has 0 aromatic carbocycles. The average Bonchev–Trinajstić information content (AvgIpc) is 2.64. The van der Waals surface area contributed by atoms with Crippen molar-refractivity contribution in [2.75, 3.05) is 13.6 Å². The minimum absolute atomic E-state index is 0.135. The van der Waals surface area contributed by atoms with Gasteiger partial charge in [-0.15, -0.1) is 0 Å². The van der Waals surface area contributed by atoms with Crippen molar-refractivity contribution in [1.82, 2.24) is 4.90 Å². The lowest BCUT2D eigenvalue weighted by Gasteiger charge is -2.20. The van der Waals surface area contributed by atoms with Crippen LogP contribution in [0.4, 0.5) is 0 Å². The summed E-state index contributed by atoms with van der Waals surface area (Å²) in [5.41, 5.74) is 0. The number of hydrogen-bond acceptors (Lipinski definition) is 2. The van der Waals surface area contributed by atoms with Gasteiger partial charge in [-0.2, -0.15) is 0 Å². The highest BCUT2D eigenvalue weighted by molar-refractivity contribution is 5.80. The summed E-state index contributed by atoms with van der Waals surface area (Å²) < 4.78 is 5.72. The van der Waals surface area contributed by atoms with Gasteiger partial charge in [0, 0.05) is 13.6 Å². The van der Waals surface area contributed by atoms with E-state index in [-0.39, 0.29) is 18.1 Å². The molecule has 0 aromatic heterocycles. The second kappa shape index (κ2) is 4.78. The number of hydrogen-bond donors (Lipinski definition) is 0. The molecule has 3 nitrogen and oxygen atoms in total. The molecule has 14 heavy (non-hydrogen) atoms. The van der Waals surface area contributed by atoms with Crippen molar-refractivity contribution < 1.29 is 9.53 Å². The van der Waals surface area contributed by atoms with Crippen molar-refractivity contribution in [3.05, 3.63) is 0 Å². The zero-order valence-corrected chi connectivity index (χ0v) is 9.62. The van der Waals surface area contributed by atoms with E-state index in [1.807, 2.05) is 14.0 Å². The molecule has 2 unspecified atom stereocenters. The lowest BCUT2D eigenvalue weighted by molar-refractivity contribution is -0.142. The number of amides is 1. The van der Waals surface area contributed by atoms with Crippen LogP contribution in [0.1, 0.15) is 33.6 Å². The monoisotopic (exact) mass is 199 g/mol. The second-order valence-corrected chi connectivity index (χ2v) is 4.34. The Labute approximate surface area is 86.4 Å². The first-order valence-electron chi connectivity index (χ1n) is 5.46. The Balaban J connectivity index is 2.45. The van der Waals surface area contributed by atoms with E-state index in [1.54, 1.807) is 4.90 Å². The lowest BCUT2D eigenvalue weighted by Crippen LogP contribution is -2.36. The van der Waals surface area contributed by atoms with Gasteiger partial charge < -0.3 is 9.64 Å². The molecule has 0 aliphatic carbocycles. The molecule has 1 amide bonds. The van der Waals surface area contributed by atoms with Crippen LogP contribution in [0.3, 0.4) is 0 Å². The molecular formula is C11H21NO2. The van der Waals surface area contributed by atoms with Crippen LogP contribution in [0, 0.1) is 5.92 Å². The first-order valence-corrected chi connectivity index (χ1v) is 5.46. The molecule has 1 aliphatic rings. The lowest BCUT2D eigenvalue weighted by atomic mass is 10.0. The van der Waals surface area contributed by atoms with Crippen LogP contribution < -0.4 is 0 Å². The van der Waals surface area contributed by atoms with Crippen molar-refractivity contribution >= 4 is 5.91 Å². The van der Waals surface area contributed by atoms with Gasteiger partial charge >= 0.3 is 0 Å². The van der Waals surface area contributed by atoms with Gasteiger partial charge in [0.1, 0.15) is 6.10 Å². The topological polar surface area (TPSA) is 29.5 Å². The number of ether oxygens (including phenoxy) is 1. The standard InChI is InChI=1S/C11H21NO2/c1-5-12(4)11(13)10-7-6-9(14-10)8(2)3/h8-10H,5-7H2,1-4H3. The molecule has 3 heteroatoms. The normalized spacial score (nSPS) is 26.9. The summed E-state index contributed by atoms with van der Waals surface area (Å²) in [6, 6.07) is 0. The maximum atomic E-state index is 11.7. The predicted octanol–water partition coefficient (Wildman–Crippen LogP) is 1.67. The second-order valence-electron chi connectivity index (χ2n) is 4.34. The third-order valence-electron chi connectivity index (χ3n) is 2.92. The minimum Gasteiger partial charge on any atom is -0.365 e. The van der Waals surface area contributed by atoms with E-state index in [2.05, 4.69) is 13.8 Å². The van der Waals surface area contributed by atoms with Crippen molar-refractivity contribution in [2.24, 2.45) is 5.92 Å². The number of rotatable bonds is 3. The first-order chi connectivity index (χ1) is 6.56. The highest BCUT2D eigenvalue weighted by Crippen LogP contribution is 2.25. The summed E-state index contributed by atoms with van der Waals surface area (Å²) in [5.74, 6) is 0.649. The molecule has 0 aromatic rings. The number of likely N-dealkylation sites (N-methyl/N-ethyl adjacent to an activating group) is 1. The van der Waals surface area contributed by atoms with Gasteiger partial charge in [0.2, 0.25) is 0 Å². The van der Waals surface area contributed by atoms with Gasteiger partial charge in [-0.1, -0.05) is 13.8 Å². The molecule has 1 saturated heterocycles. The summed E-state index contributed by atoms with van der Waals surface area (Å²) in [6.45, 7) is 7.01. The fourth-order valence-corrected chi connectivity index (χ4v) is 1.74. The van der Waals surface area contributed by atoms with Gasteiger partial charge in [0.25, 0.3) is 5.91 Å². The number of nitrogens with zero attached hydrogens (tertiary/aromatic N) is 1. The third kappa shape index (κ3) is 2.47. The predicted molar refractivity (Wildman–Crippen MR) is 56.0 cm³/mol.